The summed E-state index contributed by atoms with van der Waals surface area (Å²) in [6.45, 7) is 9.97. The fourth-order valence-electron chi connectivity index (χ4n) is 1.57. The Balaban J connectivity index is 3.26. The Morgan fingerprint density at radius 2 is 2.06 bits per heavy atom. The standard InChI is InChI=1S/C13H20O3/c1-6-8(2)10-7-9(12(14)15)11(16-10)13(3,4)5/h7-8H,6H2,1-5H3,(H,14,15). The number of rotatable bonds is 3. The smallest absolute Gasteiger partial charge is 0.339 e. The molecule has 0 bridgehead atoms. The maximum Gasteiger partial charge on any atom is 0.339 e. The molecule has 0 aliphatic heterocycles. The molecule has 1 aromatic heterocycles. The second kappa shape index (κ2) is 4.32. The molecule has 1 aromatic rings. The molecular weight excluding hydrogens is 204 g/mol. The summed E-state index contributed by atoms with van der Waals surface area (Å²) < 4.78 is 5.71. The average Bonchev–Trinajstić information content (AvgIpc) is 2.60. The molecule has 1 heterocycles. The Bertz CT molecular complexity index is 382. The van der Waals surface area contributed by atoms with Crippen LogP contribution in [0.2, 0.25) is 0 Å². The number of hydrogen-bond acceptors (Lipinski definition) is 2. The summed E-state index contributed by atoms with van der Waals surface area (Å²) in [5.41, 5.74) is 0.0159. The molecule has 3 heteroatoms. The maximum absolute atomic E-state index is 11.1. The Kier molecular flexibility index (Phi) is 3.46. The summed E-state index contributed by atoms with van der Waals surface area (Å²) in [6.07, 6.45) is 0.941. The van der Waals surface area contributed by atoms with Gasteiger partial charge >= 0.3 is 5.97 Å². The molecule has 0 aliphatic carbocycles. The third kappa shape index (κ3) is 2.46. The lowest BCUT2D eigenvalue weighted by Crippen LogP contribution is -2.14. The van der Waals surface area contributed by atoms with E-state index in [1.165, 1.54) is 0 Å². The molecule has 0 aromatic carbocycles. The molecule has 16 heavy (non-hydrogen) atoms. The molecule has 1 atom stereocenters. The van der Waals surface area contributed by atoms with Gasteiger partial charge in [-0.25, -0.2) is 4.79 Å². The molecular formula is C13H20O3. The van der Waals surface area contributed by atoms with E-state index in [0.29, 0.717) is 11.3 Å². The zero-order valence-corrected chi connectivity index (χ0v) is 10.6. The number of carboxylic acids is 1. The molecule has 1 N–H and O–H groups in total. The monoisotopic (exact) mass is 224 g/mol. The fraction of sp³-hybridized carbons (Fsp3) is 0.615. The van der Waals surface area contributed by atoms with E-state index in [4.69, 9.17) is 9.52 Å². The van der Waals surface area contributed by atoms with Crippen molar-refractivity contribution >= 4 is 5.97 Å². The van der Waals surface area contributed by atoms with Crippen molar-refractivity contribution in [3.63, 3.8) is 0 Å². The Morgan fingerprint density at radius 1 is 1.50 bits per heavy atom. The lowest BCUT2D eigenvalue weighted by Gasteiger charge is -2.16. The van der Waals surface area contributed by atoms with Crippen molar-refractivity contribution in [3.05, 3.63) is 23.2 Å². The molecule has 1 unspecified atom stereocenters. The van der Waals surface area contributed by atoms with Gasteiger partial charge in [-0.15, -0.1) is 0 Å². The number of carbonyl (C=O) groups is 1. The molecule has 0 radical (unpaired) electrons. The van der Waals surface area contributed by atoms with Crippen molar-refractivity contribution in [2.45, 2.75) is 52.4 Å². The zero-order chi connectivity index (χ0) is 12.5. The number of aromatic carboxylic acids is 1. The summed E-state index contributed by atoms with van der Waals surface area (Å²) >= 11 is 0. The molecule has 0 aliphatic rings. The maximum atomic E-state index is 11.1. The van der Waals surface area contributed by atoms with Crippen LogP contribution in [-0.4, -0.2) is 11.1 Å². The van der Waals surface area contributed by atoms with Gasteiger partial charge in [-0.05, 0) is 12.5 Å². The minimum absolute atomic E-state index is 0.259. The van der Waals surface area contributed by atoms with Gasteiger partial charge in [0.05, 0.1) is 0 Å². The summed E-state index contributed by atoms with van der Waals surface area (Å²) in [6, 6.07) is 1.66. The quantitative estimate of drug-likeness (QED) is 0.849. The minimum atomic E-state index is -0.914. The third-order valence-electron chi connectivity index (χ3n) is 2.76. The van der Waals surface area contributed by atoms with Gasteiger partial charge in [0.25, 0.3) is 0 Å². The lowest BCUT2D eigenvalue weighted by molar-refractivity contribution is 0.0692. The average molecular weight is 224 g/mol. The summed E-state index contributed by atoms with van der Waals surface area (Å²) in [4.78, 5) is 11.1. The van der Waals surface area contributed by atoms with Crippen LogP contribution in [-0.2, 0) is 5.41 Å². The SMILES string of the molecule is CCC(C)c1cc(C(=O)O)c(C(C)(C)C)o1. The van der Waals surface area contributed by atoms with E-state index in [0.717, 1.165) is 12.2 Å². The zero-order valence-electron chi connectivity index (χ0n) is 10.6. The summed E-state index contributed by atoms with van der Waals surface area (Å²) in [7, 11) is 0. The summed E-state index contributed by atoms with van der Waals surface area (Å²) in [5, 5.41) is 9.14. The van der Waals surface area contributed by atoms with Crippen molar-refractivity contribution in [1.82, 2.24) is 0 Å². The predicted molar refractivity (Wildman–Crippen MR) is 63.1 cm³/mol. The van der Waals surface area contributed by atoms with Gasteiger partial charge < -0.3 is 9.52 Å². The fourth-order valence-corrected chi connectivity index (χ4v) is 1.57. The van der Waals surface area contributed by atoms with Gasteiger partial charge in [0, 0.05) is 11.3 Å². The second-order valence-corrected chi connectivity index (χ2v) is 5.26. The highest BCUT2D eigenvalue weighted by Crippen LogP contribution is 2.32. The molecule has 0 saturated carbocycles. The van der Waals surface area contributed by atoms with E-state index in [9.17, 15) is 4.79 Å². The van der Waals surface area contributed by atoms with Gasteiger partial charge in [-0.3, -0.25) is 0 Å². The number of carboxylic acid groups (broad SMARTS) is 1. The van der Waals surface area contributed by atoms with Crippen molar-refractivity contribution < 1.29 is 14.3 Å². The Hall–Kier alpha value is -1.25. The minimum Gasteiger partial charge on any atom is -0.478 e. The number of furan rings is 1. The first kappa shape index (κ1) is 12.8. The van der Waals surface area contributed by atoms with Crippen LogP contribution in [0.3, 0.4) is 0 Å². The van der Waals surface area contributed by atoms with Crippen LogP contribution in [0.5, 0.6) is 0 Å². The van der Waals surface area contributed by atoms with Gasteiger partial charge in [0.2, 0.25) is 0 Å². The van der Waals surface area contributed by atoms with Crippen molar-refractivity contribution in [2.75, 3.05) is 0 Å². The van der Waals surface area contributed by atoms with Crippen LogP contribution >= 0.6 is 0 Å². The van der Waals surface area contributed by atoms with Crippen LogP contribution < -0.4 is 0 Å². The molecule has 0 amide bonds. The third-order valence-corrected chi connectivity index (χ3v) is 2.76. The van der Waals surface area contributed by atoms with Gasteiger partial charge in [0.15, 0.2) is 0 Å². The molecule has 0 fully saturated rings. The first-order valence-corrected chi connectivity index (χ1v) is 5.64. The van der Waals surface area contributed by atoms with E-state index in [2.05, 4.69) is 6.92 Å². The highest BCUT2D eigenvalue weighted by Gasteiger charge is 2.28. The van der Waals surface area contributed by atoms with Crippen molar-refractivity contribution in [2.24, 2.45) is 0 Å². The van der Waals surface area contributed by atoms with Gasteiger partial charge in [0.1, 0.15) is 17.1 Å². The van der Waals surface area contributed by atoms with E-state index < -0.39 is 5.97 Å². The van der Waals surface area contributed by atoms with Crippen molar-refractivity contribution in [3.8, 4) is 0 Å². The van der Waals surface area contributed by atoms with Crippen LogP contribution in [0.15, 0.2) is 10.5 Å². The van der Waals surface area contributed by atoms with Crippen LogP contribution in [0.25, 0.3) is 0 Å². The summed E-state index contributed by atoms with van der Waals surface area (Å²) in [5.74, 6) is 0.678. The highest BCUT2D eigenvalue weighted by molar-refractivity contribution is 5.89. The van der Waals surface area contributed by atoms with E-state index in [-0.39, 0.29) is 11.3 Å². The van der Waals surface area contributed by atoms with E-state index in [1.54, 1.807) is 6.07 Å². The lowest BCUT2D eigenvalue weighted by atomic mass is 9.90. The first-order valence-electron chi connectivity index (χ1n) is 5.64. The number of hydrogen-bond donors (Lipinski definition) is 1. The largest absolute Gasteiger partial charge is 0.478 e. The van der Waals surface area contributed by atoms with E-state index >= 15 is 0 Å². The van der Waals surface area contributed by atoms with Gasteiger partial charge in [-0.2, -0.15) is 0 Å². The second-order valence-electron chi connectivity index (χ2n) is 5.26. The molecule has 90 valence electrons. The van der Waals surface area contributed by atoms with Crippen LogP contribution in [0.1, 0.15) is 68.8 Å². The van der Waals surface area contributed by atoms with Gasteiger partial charge in [-0.1, -0.05) is 34.6 Å². The normalized spacial score (nSPS) is 13.8. The predicted octanol–water partition coefficient (Wildman–Crippen LogP) is 3.79. The Labute approximate surface area is 96.5 Å². The molecule has 0 saturated heterocycles. The molecule has 1 rings (SSSR count). The van der Waals surface area contributed by atoms with E-state index in [1.807, 2.05) is 27.7 Å². The Morgan fingerprint density at radius 3 is 2.38 bits per heavy atom. The molecule has 0 spiro atoms. The highest BCUT2D eigenvalue weighted by atomic mass is 16.4. The van der Waals surface area contributed by atoms with Crippen molar-refractivity contribution in [1.29, 1.82) is 0 Å². The van der Waals surface area contributed by atoms with Crippen LogP contribution in [0.4, 0.5) is 0 Å². The molecule has 3 nitrogen and oxygen atoms in total. The topological polar surface area (TPSA) is 50.4 Å². The van der Waals surface area contributed by atoms with Crippen LogP contribution in [0, 0.1) is 0 Å². The first-order chi connectivity index (χ1) is 7.27.